The Balaban J connectivity index is 2.13. The number of methoxy groups -OCH3 is 1. The molecule has 4 nitrogen and oxygen atoms in total. The highest BCUT2D eigenvalue weighted by Crippen LogP contribution is 2.42. The Morgan fingerprint density at radius 3 is 2.76 bits per heavy atom. The van der Waals surface area contributed by atoms with Gasteiger partial charge in [0.2, 0.25) is 5.76 Å². The molecule has 0 radical (unpaired) electrons. The first-order valence-electron chi connectivity index (χ1n) is 6.02. The third-order valence-corrected chi connectivity index (χ3v) is 3.52. The molecule has 0 spiro atoms. The summed E-state index contributed by atoms with van der Waals surface area (Å²) in [5.74, 6) is 1.96. The second kappa shape index (κ2) is 4.92. The van der Waals surface area contributed by atoms with Gasteiger partial charge in [0, 0.05) is 0 Å². The number of esters is 1. The van der Waals surface area contributed by atoms with Gasteiger partial charge in [0.25, 0.3) is 0 Å². The maximum absolute atomic E-state index is 11.3. The van der Waals surface area contributed by atoms with Crippen molar-refractivity contribution < 1.29 is 13.9 Å². The molecule has 1 aliphatic rings. The average molecular weight is 237 g/mol. The molecule has 0 aromatic carbocycles. The van der Waals surface area contributed by atoms with Crippen molar-refractivity contribution in [2.45, 2.75) is 25.8 Å². The van der Waals surface area contributed by atoms with Crippen LogP contribution in [0.3, 0.4) is 0 Å². The predicted octanol–water partition coefficient (Wildman–Crippen LogP) is 2.37. The molecule has 0 aliphatic heterocycles. The average Bonchev–Trinajstić information content (AvgIpc) is 3.09. The standard InChI is InChI=1S/C13H19NO3/c1-8(9-4-5-9)12(14-2)10-6-7-11(17-10)13(15)16-3/h6-9,12,14H,4-5H2,1-3H3. The summed E-state index contributed by atoms with van der Waals surface area (Å²) in [7, 11) is 3.27. The maximum Gasteiger partial charge on any atom is 0.373 e. The molecule has 2 atom stereocenters. The van der Waals surface area contributed by atoms with Crippen molar-refractivity contribution in [1.82, 2.24) is 5.32 Å². The van der Waals surface area contributed by atoms with Gasteiger partial charge in [0.05, 0.1) is 13.2 Å². The zero-order chi connectivity index (χ0) is 12.4. The molecule has 2 rings (SSSR count). The first-order chi connectivity index (χ1) is 8.17. The minimum absolute atomic E-state index is 0.168. The van der Waals surface area contributed by atoms with Crippen LogP contribution in [0.15, 0.2) is 16.5 Å². The lowest BCUT2D eigenvalue weighted by atomic mass is 9.95. The van der Waals surface area contributed by atoms with E-state index >= 15 is 0 Å². The minimum atomic E-state index is -0.426. The normalized spacial score (nSPS) is 18.8. The van der Waals surface area contributed by atoms with Gasteiger partial charge in [0.1, 0.15) is 5.76 Å². The van der Waals surface area contributed by atoms with Crippen LogP contribution in [0.1, 0.15) is 42.1 Å². The van der Waals surface area contributed by atoms with Crippen molar-refractivity contribution >= 4 is 5.97 Å². The van der Waals surface area contributed by atoms with Crippen LogP contribution in [0.2, 0.25) is 0 Å². The van der Waals surface area contributed by atoms with E-state index in [-0.39, 0.29) is 11.8 Å². The number of hydrogen-bond donors (Lipinski definition) is 1. The van der Waals surface area contributed by atoms with Crippen molar-refractivity contribution in [3.8, 4) is 0 Å². The fraction of sp³-hybridized carbons (Fsp3) is 0.615. The summed E-state index contributed by atoms with van der Waals surface area (Å²) in [6, 6.07) is 3.69. The Hall–Kier alpha value is -1.29. The molecule has 1 aromatic heterocycles. The Morgan fingerprint density at radius 2 is 2.24 bits per heavy atom. The molecule has 1 heterocycles. The van der Waals surface area contributed by atoms with Crippen LogP contribution >= 0.6 is 0 Å². The van der Waals surface area contributed by atoms with Crippen molar-refractivity contribution in [3.63, 3.8) is 0 Å². The molecule has 94 valence electrons. The molecule has 1 saturated carbocycles. The number of nitrogens with one attached hydrogen (secondary N) is 1. The topological polar surface area (TPSA) is 51.5 Å². The highest BCUT2D eigenvalue weighted by Gasteiger charge is 2.34. The van der Waals surface area contributed by atoms with Gasteiger partial charge in [-0.2, -0.15) is 0 Å². The SMILES string of the molecule is CNC(c1ccc(C(=O)OC)o1)C(C)C1CC1. The van der Waals surface area contributed by atoms with E-state index in [1.54, 1.807) is 6.07 Å². The van der Waals surface area contributed by atoms with Crippen molar-refractivity contribution in [2.24, 2.45) is 11.8 Å². The van der Waals surface area contributed by atoms with E-state index in [1.807, 2.05) is 13.1 Å². The summed E-state index contributed by atoms with van der Waals surface area (Å²) in [6.07, 6.45) is 2.59. The van der Waals surface area contributed by atoms with Gasteiger partial charge in [0.15, 0.2) is 0 Å². The van der Waals surface area contributed by atoms with Crippen LogP contribution in [-0.4, -0.2) is 20.1 Å². The number of carbonyl (C=O) groups is 1. The van der Waals surface area contributed by atoms with Crippen LogP contribution in [0.5, 0.6) is 0 Å². The van der Waals surface area contributed by atoms with Crippen LogP contribution in [-0.2, 0) is 4.74 Å². The highest BCUT2D eigenvalue weighted by atomic mass is 16.5. The summed E-state index contributed by atoms with van der Waals surface area (Å²) in [5, 5.41) is 3.26. The lowest BCUT2D eigenvalue weighted by Gasteiger charge is -2.21. The molecule has 17 heavy (non-hydrogen) atoms. The van der Waals surface area contributed by atoms with E-state index in [4.69, 9.17) is 4.42 Å². The summed E-state index contributed by atoms with van der Waals surface area (Å²) in [6.45, 7) is 2.22. The van der Waals surface area contributed by atoms with Gasteiger partial charge in [-0.3, -0.25) is 0 Å². The third-order valence-electron chi connectivity index (χ3n) is 3.52. The van der Waals surface area contributed by atoms with E-state index in [2.05, 4.69) is 17.0 Å². The lowest BCUT2D eigenvalue weighted by Crippen LogP contribution is -2.24. The predicted molar refractivity (Wildman–Crippen MR) is 63.7 cm³/mol. The second-order valence-electron chi connectivity index (χ2n) is 4.66. The molecular weight excluding hydrogens is 218 g/mol. The van der Waals surface area contributed by atoms with Crippen LogP contribution < -0.4 is 5.32 Å². The Kier molecular flexibility index (Phi) is 3.52. The Morgan fingerprint density at radius 1 is 1.53 bits per heavy atom. The number of hydrogen-bond acceptors (Lipinski definition) is 4. The smallest absolute Gasteiger partial charge is 0.373 e. The number of ether oxygens (including phenoxy) is 1. The third kappa shape index (κ3) is 2.52. The monoisotopic (exact) mass is 237 g/mol. The maximum atomic E-state index is 11.3. The molecule has 0 amide bonds. The van der Waals surface area contributed by atoms with Gasteiger partial charge >= 0.3 is 5.97 Å². The van der Waals surface area contributed by atoms with E-state index < -0.39 is 5.97 Å². The number of carbonyl (C=O) groups excluding carboxylic acids is 1. The van der Waals surface area contributed by atoms with E-state index in [0.29, 0.717) is 5.92 Å². The van der Waals surface area contributed by atoms with Crippen LogP contribution in [0, 0.1) is 11.8 Å². The molecule has 1 aliphatic carbocycles. The molecule has 1 fully saturated rings. The fourth-order valence-corrected chi connectivity index (χ4v) is 2.29. The molecule has 0 bridgehead atoms. The van der Waals surface area contributed by atoms with Crippen LogP contribution in [0.4, 0.5) is 0 Å². The molecule has 1 aromatic rings. The summed E-state index contributed by atoms with van der Waals surface area (Å²) in [4.78, 5) is 11.3. The van der Waals surface area contributed by atoms with Crippen molar-refractivity contribution in [3.05, 3.63) is 23.7 Å². The molecule has 0 saturated heterocycles. The second-order valence-corrected chi connectivity index (χ2v) is 4.66. The van der Waals surface area contributed by atoms with E-state index in [9.17, 15) is 4.79 Å². The van der Waals surface area contributed by atoms with Gasteiger partial charge < -0.3 is 14.5 Å². The van der Waals surface area contributed by atoms with E-state index in [1.165, 1.54) is 20.0 Å². The molecule has 1 N–H and O–H groups in total. The number of furan rings is 1. The van der Waals surface area contributed by atoms with Crippen LogP contribution in [0.25, 0.3) is 0 Å². The minimum Gasteiger partial charge on any atom is -0.463 e. The van der Waals surface area contributed by atoms with Gasteiger partial charge in [-0.15, -0.1) is 0 Å². The number of rotatable bonds is 5. The summed E-state index contributed by atoms with van der Waals surface area (Å²) >= 11 is 0. The van der Waals surface area contributed by atoms with Crippen molar-refractivity contribution in [2.75, 3.05) is 14.2 Å². The summed E-state index contributed by atoms with van der Waals surface area (Å²) in [5.41, 5.74) is 0. The van der Waals surface area contributed by atoms with Gasteiger partial charge in [-0.1, -0.05) is 6.92 Å². The molecular formula is C13H19NO3. The zero-order valence-corrected chi connectivity index (χ0v) is 10.5. The fourth-order valence-electron chi connectivity index (χ4n) is 2.29. The summed E-state index contributed by atoms with van der Waals surface area (Å²) < 4.78 is 10.2. The molecule has 4 heteroatoms. The highest BCUT2D eigenvalue weighted by molar-refractivity contribution is 5.86. The first kappa shape index (κ1) is 12.2. The zero-order valence-electron chi connectivity index (χ0n) is 10.5. The van der Waals surface area contributed by atoms with Gasteiger partial charge in [-0.05, 0) is 43.9 Å². The van der Waals surface area contributed by atoms with Gasteiger partial charge in [-0.25, -0.2) is 4.79 Å². The largest absolute Gasteiger partial charge is 0.463 e. The molecule has 2 unspecified atom stereocenters. The Bertz CT molecular complexity index is 395. The van der Waals surface area contributed by atoms with E-state index in [0.717, 1.165) is 11.7 Å². The first-order valence-corrected chi connectivity index (χ1v) is 6.02. The van der Waals surface area contributed by atoms with Crippen molar-refractivity contribution in [1.29, 1.82) is 0 Å². The lowest BCUT2D eigenvalue weighted by molar-refractivity contribution is 0.0561. The Labute approximate surface area is 101 Å². The quantitative estimate of drug-likeness (QED) is 0.799.